The normalized spacial score (nSPS) is 12.4. The van der Waals surface area contributed by atoms with Crippen LogP contribution in [0.2, 0.25) is 0 Å². The maximum Gasteiger partial charge on any atom is 0.306 e. The number of aryl methyl sites for hydroxylation is 1. The quantitative estimate of drug-likeness (QED) is 0.806. The lowest BCUT2D eigenvalue weighted by Gasteiger charge is -2.11. The number of alkyl halides is 1. The van der Waals surface area contributed by atoms with E-state index in [1.54, 1.807) is 0 Å². The van der Waals surface area contributed by atoms with Gasteiger partial charge in [-0.25, -0.2) is 0 Å². The molecule has 1 aromatic rings. The number of hydrogen-bond acceptors (Lipinski definition) is 1. The third-order valence-electron chi connectivity index (χ3n) is 2.64. The van der Waals surface area contributed by atoms with Gasteiger partial charge in [0.2, 0.25) is 0 Å². The molecule has 0 aliphatic rings. The lowest BCUT2D eigenvalue weighted by Crippen LogP contribution is -2.16. The van der Waals surface area contributed by atoms with Crippen molar-refractivity contribution in [3.05, 3.63) is 35.4 Å². The molecule has 88 valence electrons. The molecule has 1 aromatic carbocycles. The van der Waals surface area contributed by atoms with Gasteiger partial charge in [-0.15, -0.1) is 0 Å². The van der Waals surface area contributed by atoms with Crippen molar-refractivity contribution in [3.8, 4) is 0 Å². The zero-order chi connectivity index (χ0) is 12.0. The summed E-state index contributed by atoms with van der Waals surface area (Å²) in [5.74, 6) is -1.31. The minimum absolute atomic E-state index is 0.322. The predicted octanol–water partition coefficient (Wildman–Crippen LogP) is 2.99. The van der Waals surface area contributed by atoms with Gasteiger partial charge >= 0.3 is 5.97 Å². The zero-order valence-electron chi connectivity index (χ0n) is 9.45. The maximum absolute atomic E-state index is 12.0. The van der Waals surface area contributed by atoms with Gasteiger partial charge in [-0.3, -0.25) is 9.18 Å². The molecule has 0 spiro atoms. The second kappa shape index (κ2) is 6.26. The van der Waals surface area contributed by atoms with E-state index in [4.69, 9.17) is 5.11 Å². The van der Waals surface area contributed by atoms with Crippen LogP contribution in [-0.4, -0.2) is 17.8 Å². The van der Waals surface area contributed by atoms with Crippen molar-refractivity contribution in [2.75, 3.05) is 6.67 Å². The molecule has 1 N–H and O–H groups in total. The predicted molar refractivity (Wildman–Crippen MR) is 61.2 cm³/mol. The van der Waals surface area contributed by atoms with Crippen LogP contribution in [-0.2, 0) is 11.2 Å². The average molecular weight is 224 g/mol. The van der Waals surface area contributed by atoms with Gasteiger partial charge in [-0.2, -0.15) is 0 Å². The Morgan fingerprint density at radius 2 is 2.00 bits per heavy atom. The number of halogens is 1. The smallest absolute Gasteiger partial charge is 0.306 e. The molecule has 3 heteroatoms. The van der Waals surface area contributed by atoms with Gasteiger partial charge in [-0.05, 0) is 31.7 Å². The second-order valence-electron chi connectivity index (χ2n) is 4.06. The van der Waals surface area contributed by atoms with Crippen LogP contribution in [0.4, 0.5) is 4.39 Å². The third kappa shape index (κ3) is 4.01. The van der Waals surface area contributed by atoms with Crippen LogP contribution in [0.3, 0.4) is 0 Å². The van der Waals surface area contributed by atoms with E-state index in [9.17, 15) is 9.18 Å². The Bertz CT molecular complexity index is 332. The molecule has 0 saturated heterocycles. The average Bonchev–Trinajstić information content (AvgIpc) is 2.26. The lowest BCUT2D eigenvalue weighted by atomic mass is 9.95. The summed E-state index contributed by atoms with van der Waals surface area (Å²) in [6.45, 7) is 1.54. The van der Waals surface area contributed by atoms with Crippen LogP contribution < -0.4 is 0 Å². The van der Waals surface area contributed by atoms with Crippen molar-refractivity contribution in [2.24, 2.45) is 5.92 Å². The van der Waals surface area contributed by atoms with Crippen molar-refractivity contribution < 1.29 is 14.3 Å². The van der Waals surface area contributed by atoms with Gasteiger partial charge < -0.3 is 5.11 Å². The molecule has 0 radical (unpaired) electrons. The summed E-state index contributed by atoms with van der Waals surface area (Å²) in [6, 6.07) is 7.79. The number of hydrogen-bond donors (Lipinski definition) is 1. The molecule has 2 nitrogen and oxygen atoms in total. The molecule has 1 atom stereocenters. The van der Waals surface area contributed by atoms with Crippen LogP contribution in [0, 0.1) is 12.8 Å². The standard InChI is InChI=1S/C13H17FO2/c1-10-4-6-11(7-5-10)9-12(13(15)16)3-2-8-14/h4-7,12H,2-3,8-9H2,1H3,(H,15,16). The van der Waals surface area contributed by atoms with Crippen LogP contribution in [0.25, 0.3) is 0 Å². The van der Waals surface area contributed by atoms with Gasteiger partial charge in [0.25, 0.3) is 0 Å². The number of rotatable bonds is 6. The summed E-state index contributed by atoms with van der Waals surface area (Å²) in [4.78, 5) is 11.0. The molecule has 0 fully saturated rings. The fourth-order valence-electron chi connectivity index (χ4n) is 1.65. The summed E-state index contributed by atoms with van der Waals surface area (Å²) in [5.41, 5.74) is 2.15. The van der Waals surface area contributed by atoms with Crippen molar-refractivity contribution in [1.29, 1.82) is 0 Å². The summed E-state index contributed by atoms with van der Waals surface area (Å²) in [7, 11) is 0. The molecule has 1 rings (SSSR count). The third-order valence-corrected chi connectivity index (χ3v) is 2.64. The highest BCUT2D eigenvalue weighted by Crippen LogP contribution is 2.15. The minimum Gasteiger partial charge on any atom is -0.481 e. The summed E-state index contributed by atoms with van der Waals surface area (Å²) >= 11 is 0. The first-order valence-corrected chi connectivity index (χ1v) is 5.48. The Hall–Kier alpha value is -1.38. The minimum atomic E-state index is -0.839. The van der Waals surface area contributed by atoms with Crippen LogP contribution in [0.5, 0.6) is 0 Å². The van der Waals surface area contributed by atoms with E-state index in [2.05, 4.69) is 0 Å². The molecule has 0 amide bonds. The number of carboxylic acid groups (broad SMARTS) is 1. The summed E-state index contributed by atoms with van der Waals surface area (Å²) < 4.78 is 12.0. The first-order chi connectivity index (χ1) is 7.63. The largest absolute Gasteiger partial charge is 0.481 e. The van der Waals surface area contributed by atoms with Gasteiger partial charge in [-0.1, -0.05) is 29.8 Å². The van der Waals surface area contributed by atoms with E-state index >= 15 is 0 Å². The van der Waals surface area contributed by atoms with E-state index in [1.807, 2.05) is 31.2 Å². The Balaban J connectivity index is 2.60. The van der Waals surface area contributed by atoms with Crippen LogP contribution in [0.15, 0.2) is 24.3 Å². The van der Waals surface area contributed by atoms with Crippen molar-refractivity contribution in [3.63, 3.8) is 0 Å². The van der Waals surface area contributed by atoms with Crippen molar-refractivity contribution in [2.45, 2.75) is 26.2 Å². The molecule has 0 aliphatic carbocycles. The van der Waals surface area contributed by atoms with Crippen molar-refractivity contribution >= 4 is 5.97 Å². The van der Waals surface area contributed by atoms with Gasteiger partial charge in [0, 0.05) is 0 Å². The molecule has 0 aliphatic heterocycles. The summed E-state index contributed by atoms with van der Waals surface area (Å²) in [5, 5.41) is 8.99. The maximum atomic E-state index is 12.0. The van der Waals surface area contributed by atoms with E-state index in [0.29, 0.717) is 19.3 Å². The molecule has 0 heterocycles. The number of carbonyl (C=O) groups is 1. The Morgan fingerprint density at radius 3 is 2.50 bits per heavy atom. The van der Waals surface area contributed by atoms with E-state index in [1.165, 1.54) is 0 Å². The zero-order valence-corrected chi connectivity index (χ0v) is 9.45. The fourth-order valence-corrected chi connectivity index (χ4v) is 1.65. The molecule has 0 aromatic heterocycles. The highest BCUT2D eigenvalue weighted by molar-refractivity contribution is 5.70. The van der Waals surface area contributed by atoms with Crippen LogP contribution in [0.1, 0.15) is 24.0 Å². The Kier molecular flexibility index (Phi) is 4.96. The van der Waals surface area contributed by atoms with Gasteiger partial charge in [0.15, 0.2) is 0 Å². The van der Waals surface area contributed by atoms with Crippen LogP contribution >= 0.6 is 0 Å². The highest BCUT2D eigenvalue weighted by atomic mass is 19.1. The van der Waals surface area contributed by atoms with Crippen molar-refractivity contribution in [1.82, 2.24) is 0 Å². The first-order valence-electron chi connectivity index (χ1n) is 5.48. The summed E-state index contributed by atoms with van der Waals surface area (Å²) in [6.07, 6.45) is 1.21. The molecule has 1 unspecified atom stereocenters. The second-order valence-corrected chi connectivity index (χ2v) is 4.06. The van der Waals surface area contributed by atoms with E-state index in [0.717, 1.165) is 11.1 Å². The Labute approximate surface area is 95.1 Å². The first kappa shape index (κ1) is 12.7. The number of aliphatic carboxylic acids is 1. The molecule has 0 bridgehead atoms. The van der Waals surface area contributed by atoms with Gasteiger partial charge in [0.05, 0.1) is 12.6 Å². The number of carboxylic acids is 1. The monoisotopic (exact) mass is 224 g/mol. The molecule has 16 heavy (non-hydrogen) atoms. The van der Waals surface area contributed by atoms with E-state index in [-0.39, 0.29) is 0 Å². The topological polar surface area (TPSA) is 37.3 Å². The van der Waals surface area contributed by atoms with Gasteiger partial charge in [0.1, 0.15) is 0 Å². The molecule has 0 saturated carbocycles. The Morgan fingerprint density at radius 1 is 1.38 bits per heavy atom. The molecular formula is C13H17FO2. The van der Waals surface area contributed by atoms with E-state index < -0.39 is 18.6 Å². The number of benzene rings is 1. The highest BCUT2D eigenvalue weighted by Gasteiger charge is 2.17. The lowest BCUT2D eigenvalue weighted by molar-refractivity contribution is -0.142. The fraction of sp³-hybridized carbons (Fsp3) is 0.462. The SMILES string of the molecule is Cc1ccc(CC(CCCF)C(=O)O)cc1. The molecular weight excluding hydrogens is 207 g/mol.